The number of nitrogens with zero attached hydrogens (tertiary/aromatic N) is 3. The SMILES string of the molecule is COc1cccc2c1OCC(N(C)CC1CCN(c3nc4ccccc4s3)CC1)O2.Cl.Cl. The zero-order valence-corrected chi connectivity index (χ0v) is 20.7. The van der Waals surface area contributed by atoms with E-state index in [1.54, 1.807) is 18.4 Å². The van der Waals surface area contributed by atoms with E-state index in [-0.39, 0.29) is 31.0 Å². The zero-order valence-electron chi connectivity index (χ0n) is 18.2. The predicted octanol–water partition coefficient (Wildman–Crippen LogP) is 5.09. The molecular formula is C23H29Cl2N3O3S. The Morgan fingerprint density at radius 1 is 1.12 bits per heavy atom. The summed E-state index contributed by atoms with van der Waals surface area (Å²) in [5.41, 5.74) is 1.10. The number of likely N-dealkylation sites (N-methyl/N-ethyl adjacent to an activating group) is 1. The second-order valence-electron chi connectivity index (χ2n) is 8.01. The molecule has 0 spiro atoms. The van der Waals surface area contributed by atoms with Gasteiger partial charge in [0.1, 0.15) is 6.61 Å². The minimum absolute atomic E-state index is 0. The Hall–Kier alpha value is -1.93. The summed E-state index contributed by atoms with van der Waals surface area (Å²) in [4.78, 5) is 9.53. The monoisotopic (exact) mass is 497 g/mol. The summed E-state index contributed by atoms with van der Waals surface area (Å²) >= 11 is 1.80. The van der Waals surface area contributed by atoms with E-state index >= 15 is 0 Å². The van der Waals surface area contributed by atoms with Gasteiger partial charge in [-0.3, -0.25) is 4.90 Å². The number of fused-ring (bicyclic) bond motifs is 2. The summed E-state index contributed by atoms with van der Waals surface area (Å²) in [6.07, 6.45) is 2.25. The largest absolute Gasteiger partial charge is 0.493 e. The van der Waals surface area contributed by atoms with E-state index in [1.165, 1.54) is 4.70 Å². The van der Waals surface area contributed by atoms with Crippen LogP contribution in [0.3, 0.4) is 0 Å². The number of benzene rings is 2. The first-order valence-electron chi connectivity index (χ1n) is 10.5. The van der Waals surface area contributed by atoms with Crippen molar-refractivity contribution in [2.75, 3.05) is 45.3 Å². The van der Waals surface area contributed by atoms with E-state index in [9.17, 15) is 0 Å². The van der Waals surface area contributed by atoms with Crippen molar-refractivity contribution in [2.24, 2.45) is 5.92 Å². The fourth-order valence-corrected chi connectivity index (χ4v) is 5.29. The minimum Gasteiger partial charge on any atom is -0.493 e. The summed E-state index contributed by atoms with van der Waals surface area (Å²) < 4.78 is 18.8. The van der Waals surface area contributed by atoms with Gasteiger partial charge in [0, 0.05) is 19.6 Å². The molecule has 0 amide bonds. The summed E-state index contributed by atoms with van der Waals surface area (Å²) in [6.45, 7) is 3.62. The molecule has 6 nitrogen and oxygen atoms in total. The number of aromatic nitrogens is 1. The van der Waals surface area contributed by atoms with Crippen molar-refractivity contribution < 1.29 is 14.2 Å². The third-order valence-corrected chi connectivity index (χ3v) is 7.10. The molecule has 174 valence electrons. The van der Waals surface area contributed by atoms with Crippen molar-refractivity contribution in [2.45, 2.75) is 19.1 Å². The number of hydrogen-bond acceptors (Lipinski definition) is 7. The van der Waals surface area contributed by atoms with Gasteiger partial charge in [-0.25, -0.2) is 4.98 Å². The van der Waals surface area contributed by atoms with Gasteiger partial charge in [-0.05, 0) is 50.1 Å². The van der Waals surface area contributed by atoms with E-state index in [4.69, 9.17) is 19.2 Å². The van der Waals surface area contributed by atoms with Crippen LogP contribution in [0.5, 0.6) is 17.2 Å². The Bertz CT molecular complexity index is 994. The van der Waals surface area contributed by atoms with E-state index < -0.39 is 0 Å². The first kappa shape index (κ1) is 24.7. The molecule has 0 aliphatic carbocycles. The average Bonchev–Trinajstić information content (AvgIpc) is 3.23. The number of para-hydroxylation sites is 2. The van der Waals surface area contributed by atoms with Crippen LogP contribution in [-0.2, 0) is 0 Å². The van der Waals surface area contributed by atoms with Gasteiger partial charge in [0.15, 0.2) is 22.9 Å². The number of rotatable bonds is 5. The van der Waals surface area contributed by atoms with Crippen LogP contribution >= 0.6 is 36.2 Å². The molecule has 2 aromatic carbocycles. The molecule has 3 aromatic rings. The number of piperidine rings is 1. The predicted molar refractivity (Wildman–Crippen MR) is 135 cm³/mol. The normalized spacial score (nSPS) is 18.2. The molecule has 1 fully saturated rings. The number of thiazole rings is 1. The molecule has 2 aliphatic heterocycles. The third-order valence-electron chi connectivity index (χ3n) is 6.00. The van der Waals surface area contributed by atoms with Crippen molar-refractivity contribution in [3.8, 4) is 17.2 Å². The van der Waals surface area contributed by atoms with Gasteiger partial charge >= 0.3 is 0 Å². The van der Waals surface area contributed by atoms with Crippen LogP contribution in [0.25, 0.3) is 10.2 Å². The van der Waals surface area contributed by atoms with Gasteiger partial charge in [-0.1, -0.05) is 29.5 Å². The molecule has 1 aromatic heterocycles. The van der Waals surface area contributed by atoms with Crippen molar-refractivity contribution in [1.82, 2.24) is 9.88 Å². The van der Waals surface area contributed by atoms with Gasteiger partial charge in [-0.2, -0.15) is 0 Å². The summed E-state index contributed by atoms with van der Waals surface area (Å²) in [5, 5.41) is 1.15. The van der Waals surface area contributed by atoms with Crippen LogP contribution in [-0.4, -0.2) is 56.5 Å². The Balaban J connectivity index is 0.00000144. The van der Waals surface area contributed by atoms with Crippen LogP contribution < -0.4 is 19.1 Å². The van der Waals surface area contributed by atoms with Crippen LogP contribution in [0, 0.1) is 5.92 Å². The smallest absolute Gasteiger partial charge is 0.203 e. The lowest BCUT2D eigenvalue weighted by Gasteiger charge is -2.37. The summed E-state index contributed by atoms with van der Waals surface area (Å²) in [6, 6.07) is 14.1. The van der Waals surface area contributed by atoms with Crippen molar-refractivity contribution >= 4 is 51.5 Å². The lowest BCUT2D eigenvalue weighted by molar-refractivity contribution is -0.0243. The molecule has 0 bridgehead atoms. The average molecular weight is 498 g/mol. The first-order chi connectivity index (χ1) is 14.7. The van der Waals surface area contributed by atoms with Crippen molar-refractivity contribution in [1.29, 1.82) is 0 Å². The molecule has 0 radical (unpaired) electrons. The topological polar surface area (TPSA) is 47.1 Å². The molecule has 3 heterocycles. The van der Waals surface area contributed by atoms with E-state index in [1.807, 2.05) is 18.2 Å². The highest BCUT2D eigenvalue weighted by molar-refractivity contribution is 7.22. The number of hydrogen-bond donors (Lipinski definition) is 0. The fourth-order valence-electron chi connectivity index (χ4n) is 4.27. The summed E-state index contributed by atoms with van der Waals surface area (Å²) in [5.74, 6) is 2.82. The minimum atomic E-state index is -0.0769. The maximum Gasteiger partial charge on any atom is 0.203 e. The Labute approximate surface area is 205 Å². The second kappa shape index (κ2) is 10.8. The quantitative estimate of drug-likeness (QED) is 0.488. The van der Waals surface area contributed by atoms with Crippen LogP contribution in [0.2, 0.25) is 0 Å². The first-order valence-corrected chi connectivity index (χ1v) is 11.3. The highest BCUT2D eigenvalue weighted by Crippen LogP contribution is 2.40. The molecule has 0 N–H and O–H groups in total. The standard InChI is InChI=1S/C23H27N3O3S.2ClH/c1-25(21-15-28-22-18(27-2)7-5-8-19(22)29-21)14-16-10-12-26(13-11-16)23-24-17-6-3-4-9-20(17)30-23;;/h3-9,16,21H,10-15H2,1-2H3;2*1H. The number of halogens is 2. The molecule has 32 heavy (non-hydrogen) atoms. The molecular weight excluding hydrogens is 469 g/mol. The fraction of sp³-hybridized carbons (Fsp3) is 0.435. The Morgan fingerprint density at radius 2 is 1.91 bits per heavy atom. The van der Waals surface area contributed by atoms with E-state index in [2.05, 4.69) is 41.1 Å². The number of methoxy groups -OCH3 is 1. The Kier molecular flexibility index (Phi) is 8.33. The summed E-state index contributed by atoms with van der Waals surface area (Å²) in [7, 11) is 3.77. The van der Waals surface area contributed by atoms with Gasteiger partial charge in [0.05, 0.1) is 17.3 Å². The van der Waals surface area contributed by atoms with Gasteiger partial charge in [0.25, 0.3) is 0 Å². The van der Waals surface area contributed by atoms with Crippen molar-refractivity contribution in [3.63, 3.8) is 0 Å². The molecule has 0 saturated carbocycles. The van der Waals surface area contributed by atoms with Crippen LogP contribution in [0.15, 0.2) is 42.5 Å². The molecule has 5 rings (SSSR count). The maximum atomic E-state index is 6.20. The van der Waals surface area contributed by atoms with E-state index in [0.717, 1.165) is 54.6 Å². The van der Waals surface area contributed by atoms with Gasteiger partial charge in [0.2, 0.25) is 5.75 Å². The molecule has 1 unspecified atom stereocenters. The van der Waals surface area contributed by atoms with Crippen LogP contribution in [0.4, 0.5) is 5.13 Å². The molecule has 9 heteroatoms. The second-order valence-corrected chi connectivity index (χ2v) is 9.01. The lowest BCUT2D eigenvalue weighted by atomic mass is 9.96. The van der Waals surface area contributed by atoms with Crippen molar-refractivity contribution in [3.05, 3.63) is 42.5 Å². The Morgan fingerprint density at radius 3 is 2.66 bits per heavy atom. The van der Waals surface area contributed by atoms with Gasteiger partial charge in [-0.15, -0.1) is 24.8 Å². The van der Waals surface area contributed by atoms with Gasteiger partial charge < -0.3 is 19.1 Å². The third kappa shape index (κ3) is 5.01. The molecule has 1 atom stereocenters. The number of anilines is 1. The highest BCUT2D eigenvalue weighted by Gasteiger charge is 2.29. The van der Waals surface area contributed by atoms with Crippen LogP contribution in [0.1, 0.15) is 12.8 Å². The zero-order chi connectivity index (χ0) is 20.5. The number of ether oxygens (including phenoxy) is 3. The molecule has 1 saturated heterocycles. The lowest BCUT2D eigenvalue weighted by Crippen LogP contribution is -2.46. The maximum absolute atomic E-state index is 6.20. The highest BCUT2D eigenvalue weighted by atomic mass is 35.5. The van der Waals surface area contributed by atoms with E-state index in [0.29, 0.717) is 18.3 Å². The molecule has 2 aliphatic rings.